The molecule has 11 nitrogen and oxygen atoms in total. The second kappa shape index (κ2) is 22.3. The van der Waals surface area contributed by atoms with Crippen molar-refractivity contribution >= 4 is 35.3 Å². The molecular formula is C73H116N4O7. The zero-order valence-corrected chi connectivity index (χ0v) is 55.1. The van der Waals surface area contributed by atoms with Gasteiger partial charge in [-0.2, -0.15) is 0 Å². The van der Waals surface area contributed by atoms with Crippen LogP contribution in [0, 0.1) is 113 Å². The lowest BCUT2D eigenvalue weighted by atomic mass is 9.32. The van der Waals surface area contributed by atoms with Crippen molar-refractivity contribution in [3.05, 3.63) is 24.3 Å². The Morgan fingerprint density at radius 2 is 0.940 bits per heavy atom. The van der Waals surface area contributed by atoms with Gasteiger partial charge in [-0.15, -0.1) is 0 Å². The minimum absolute atomic E-state index is 0.0964. The van der Waals surface area contributed by atoms with Crippen molar-refractivity contribution in [2.75, 3.05) is 20.2 Å². The van der Waals surface area contributed by atoms with E-state index in [1.54, 1.807) is 0 Å². The molecule has 0 aromatic heterocycles. The maximum absolute atomic E-state index is 14.9. The third-order valence-corrected chi connectivity index (χ3v) is 30.1. The van der Waals surface area contributed by atoms with Crippen molar-refractivity contribution in [3.63, 3.8) is 0 Å². The minimum Gasteiger partial charge on any atom is -0.467 e. The number of amides is 3. The van der Waals surface area contributed by atoms with Crippen molar-refractivity contribution in [1.29, 1.82) is 0 Å². The van der Waals surface area contributed by atoms with Gasteiger partial charge in [-0.1, -0.05) is 93.5 Å². The first kappa shape index (κ1) is 63.7. The number of hydrogen-bond acceptors (Lipinski definition) is 8. The van der Waals surface area contributed by atoms with E-state index in [0.717, 1.165) is 103 Å². The fourth-order valence-corrected chi connectivity index (χ4v) is 25.2. The number of nitrogens with two attached hydrogens (primary N) is 1. The lowest BCUT2D eigenvalue weighted by Gasteiger charge is -2.72. The first-order valence-corrected chi connectivity index (χ1v) is 34.4. The van der Waals surface area contributed by atoms with Crippen LogP contribution in [0.25, 0.3) is 0 Å². The van der Waals surface area contributed by atoms with Gasteiger partial charge in [0.05, 0.1) is 24.0 Å². The number of hydrogen-bond donors (Lipinski definition) is 4. The fourth-order valence-electron chi connectivity index (χ4n) is 25.2. The number of rotatable bonds is 17. The van der Waals surface area contributed by atoms with Gasteiger partial charge in [0.25, 0.3) is 0 Å². The number of methoxy groups -OCH3 is 1. The molecule has 11 heteroatoms. The van der Waals surface area contributed by atoms with E-state index in [1.165, 1.54) is 31.1 Å². The summed E-state index contributed by atoms with van der Waals surface area (Å²) in [7, 11) is 1.34. The smallest absolute Gasteiger partial charge is 0.328 e. The van der Waals surface area contributed by atoms with Crippen LogP contribution >= 0.6 is 0 Å². The molecule has 0 spiro atoms. The van der Waals surface area contributed by atoms with Gasteiger partial charge in [0.1, 0.15) is 17.6 Å². The van der Waals surface area contributed by atoms with Crippen LogP contribution < -0.4 is 21.7 Å². The summed E-state index contributed by atoms with van der Waals surface area (Å²) < 4.78 is 5.17. The highest BCUT2D eigenvalue weighted by Gasteiger charge is 2.74. The third kappa shape index (κ3) is 9.40. The van der Waals surface area contributed by atoms with Crippen LogP contribution in [0.1, 0.15) is 250 Å². The molecule has 5 N–H and O–H groups in total. The second-order valence-corrected chi connectivity index (χ2v) is 33.7. The van der Waals surface area contributed by atoms with Gasteiger partial charge in [-0.3, -0.25) is 24.0 Å². The van der Waals surface area contributed by atoms with Crippen molar-refractivity contribution in [1.82, 2.24) is 16.0 Å². The van der Waals surface area contributed by atoms with Gasteiger partial charge in [0, 0.05) is 36.8 Å². The Morgan fingerprint density at radius 3 is 1.35 bits per heavy atom. The van der Waals surface area contributed by atoms with Crippen molar-refractivity contribution in [3.8, 4) is 0 Å². The van der Waals surface area contributed by atoms with Crippen LogP contribution in [0.5, 0.6) is 0 Å². The highest BCUT2D eigenvalue weighted by Crippen LogP contribution is 2.79. The van der Waals surface area contributed by atoms with Crippen LogP contribution in [0.2, 0.25) is 0 Å². The molecule has 0 aliphatic heterocycles. The van der Waals surface area contributed by atoms with E-state index in [9.17, 15) is 28.8 Å². The zero-order chi connectivity index (χ0) is 61.2. The van der Waals surface area contributed by atoms with Crippen molar-refractivity contribution in [2.45, 2.75) is 262 Å². The summed E-state index contributed by atoms with van der Waals surface area (Å²) in [6.45, 7) is 38.9. The minimum atomic E-state index is -0.845. The Hall–Kier alpha value is -3.34. The first-order valence-electron chi connectivity index (χ1n) is 34.4. The highest BCUT2D eigenvalue weighted by atomic mass is 16.5. The van der Waals surface area contributed by atoms with E-state index in [2.05, 4.69) is 112 Å². The molecule has 10 aliphatic carbocycles. The van der Waals surface area contributed by atoms with E-state index in [-0.39, 0.29) is 72.9 Å². The number of carbonyl (C=O) groups excluding carboxylic acids is 6. The number of fused-ring (bicyclic) bond motifs is 14. The second-order valence-electron chi connectivity index (χ2n) is 33.7. The van der Waals surface area contributed by atoms with Crippen LogP contribution in [0.4, 0.5) is 0 Å². The van der Waals surface area contributed by atoms with Gasteiger partial charge in [-0.05, 0) is 260 Å². The Bertz CT molecular complexity index is 2640. The molecule has 8 unspecified atom stereocenters. The summed E-state index contributed by atoms with van der Waals surface area (Å²) in [5, 5.41) is 9.77. The molecule has 0 heterocycles. The van der Waals surface area contributed by atoms with E-state index < -0.39 is 28.9 Å². The molecule has 10 rings (SSSR count). The number of ketones is 2. The number of carbonyl (C=O) groups is 6. The zero-order valence-electron chi connectivity index (χ0n) is 55.1. The van der Waals surface area contributed by atoms with E-state index in [0.29, 0.717) is 123 Å². The van der Waals surface area contributed by atoms with Crippen LogP contribution in [-0.2, 0) is 33.5 Å². The van der Waals surface area contributed by atoms with Gasteiger partial charge in [0.15, 0.2) is 0 Å². The van der Waals surface area contributed by atoms with Gasteiger partial charge >= 0.3 is 5.97 Å². The highest BCUT2D eigenvalue weighted by molar-refractivity contribution is 5.88. The molecule has 0 bridgehead atoms. The monoisotopic (exact) mass is 1160 g/mol. The number of allylic oxidation sites excluding steroid dienone is 2. The molecule has 0 aromatic rings. The topological polar surface area (TPSA) is 174 Å². The Balaban J connectivity index is 0.697. The lowest BCUT2D eigenvalue weighted by Crippen LogP contribution is -2.67. The molecular weight excluding hydrogens is 1040 g/mol. The Morgan fingerprint density at radius 1 is 0.524 bits per heavy atom. The first-order chi connectivity index (χ1) is 39.3. The van der Waals surface area contributed by atoms with Crippen LogP contribution in [-0.4, -0.2) is 67.5 Å². The molecule has 10 fully saturated rings. The molecule has 470 valence electrons. The largest absolute Gasteiger partial charge is 0.467 e. The molecule has 0 aromatic carbocycles. The van der Waals surface area contributed by atoms with Gasteiger partial charge < -0.3 is 26.4 Å². The lowest BCUT2D eigenvalue weighted by molar-refractivity contribution is -0.233. The Kier molecular flexibility index (Phi) is 16.9. The normalized spacial score (nSPS) is 44.8. The summed E-state index contributed by atoms with van der Waals surface area (Å²) >= 11 is 0. The summed E-state index contributed by atoms with van der Waals surface area (Å²) in [4.78, 5) is 83.0. The standard InChI is InChI=1S/C73H116N4O7/c1-44(2)46-26-36-72(40-38-68(11)48(58(46)72)22-24-54-66(9)32-30-56(78)64(5,6)52(66)28-34-70(54,68)13)62(82)75-42-18-16-20-50(74)60(80)77-51(61(81)84-15)21-17-19-43-76-63(83)73-37-27-47(45(3)4)59(73)49-23-25-55-67(10)33-31-57(79)65(7,8)53(67)29-35-71(55,14)69(49,12)39-41-73/h46-55,58-59H,1,3,16-43,74H2,2,4-15H3,(H,75,82)(H,76,83)(H,77,80)/t46?,47?,48-,49-,50?,51?,52+,53+,54-,55-,58?,59?,66+,67+,68-,69-,70-,71-,72?,73?/m1/s1. The molecule has 10 aliphatic rings. The molecule has 0 radical (unpaired) electrons. The average molecular weight is 1160 g/mol. The summed E-state index contributed by atoms with van der Waals surface area (Å²) in [6.07, 6.45) is 23.6. The molecule has 10 saturated carbocycles. The summed E-state index contributed by atoms with van der Waals surface area (Å²) in [5.74, 6) is 4.37. The molecule has 84 heavy (non-hydrogen) atoms. The SMILES string of the molecule is C=C(C)C1CCC2(C(=O)NCCCCC(N)C(=O)NC(CCCCNC(=O)C34CCC(C(=C)C)C3[C@H]3CC[C@@H]5[C@@]6(C)CCC(=O)C(C)(C)[C@@H]6CC[C@@]5(C)[C@]3(C)CC4)C(=O)OC)CC[C@]3(C)[C@H](CC[C@@H]4[C@@]5(C)CCC(=O)C(C)(C)[C@@H]5CC[C@]43C)C12. The van der Waals surface area contributed by atoms with E-state index in [1.807, 2.05) is 0 Å². The molecule has 3 amide bonds. The van der Waals surface area contributed by atoms with Crippen molar-refractivity contribution in [2.24, 2.45) is 119 Å². The van der Waals surface area contributed by atoms with Gasteiger partial charge in [0.2, 0.25) is 17.7 Å². The Labute approximate surface area is 508 Å². The van der Waals surface area contributed by atoms with E-state index >= 15 is 0 Å². The van der Waals surface area contributed by atoms with Crippen LogP contribution in [0.3, 0.4) is 0 Å². The maximum Gasteiger partial charge on any atom is 0.328 e. The average Bonchev–Trinajstić information content (AvgIpc) is 1.13. The predicted octanol–water partition coefficient (Wildman–Crippen LogP) is 14.0. The van der Waals surface area contributed by atoms with Crippen molar-refractivity contribution < 1.29 is 33.5 Å². The number of esters is 1. The fraction of sp³-hybridized carbons (Fsp3) is 0.863. The molecule has 20 atom stereocenters. The maximum atomic E-state index is 14.9. The van der Waals surface area contributed by atoms with E-state index in [4.69, 9.17) is 10.5 Å². The number of unbranched alkanes of at least 4 members (excludes halogenated alkanes) is 2. The quantitative estimate of drug-likeness (QED) is 0.0633. The molecule has 0 saturated heterocycles. The third-order valence-electron chi connectivity index (χ3n) is 30.1. The number of nitrogens with one attached hydrogen (secondary N) is 3. The summed E-state index contributed by atoms with van der Waals surface area (Å²) in [6, 6.07) is -1.66. The van der Waals surface area contributed by atoms with Gasteiger partial charge in [-0.25, -0.2) is 4.79 Å². The predicted molar refractivity (Wildman–Crippen MR) is 334 cm³/mol. The number of Topliss-reactive ketones (excluding diaryl/α,β-unsaturated/α-hetero) is 2. The summed E-state index contributed by atoms with van der Waals surface area (Å²) in [5.41, 5.74) is 8.32. The number of ether oxygens (including phenoxy) is 1. The van der Waals surface area contributed by atoms with Crippen LogP contribution in [0.15, 0.2) is 24.3 Å².